The highest BCUT2D eigenvalue weighted by Gasteiger charge is 2.17. The molecule has 1 saturated heterocycles. The lowest BCUT2D eigenvalue weighted by Gasteiger charge is -2.31. The van der Waals surface area contributed by atoms with Crippen LogP contribution >= 0.6 is 0 Å². The first-order chi connectivity index (χ1) is 9.22. The van der Waals surface area contributed by atoms with Crippen LogP contribution in [0.1, 0.15) is 19.8 Å². The lowest BCUT2D eigenvalue weighted by atomic mass is 9.97. The van der Waals surface area contributed by atoms with Gasteiger partial charge in [-0.1, -0.05) is 6.92 Å². The maximum Gasteiger partial charge on any atom is 0.143 e. The van der Waals surface area contributed by atoms with Gasteiger partial charge in [-0.3, -0.25) is 0 Å². The Hall–Kier alpha value is -1.42. The van der Waals surface area contributed by atoms with Gasteiger partial charge in [0.2, 0.25) is 0 Å². The molecule has 4 nitrogen and oxygen atoms in total. The number of nitrogen functional groups attached to an aromatic ring is 1. The topological polar surface area (TPSA) is 50.5 Å². The number of nitrogens with two attached hydrogens (primary N) is 1. The third-order valence-electron chi connectivity index (χ3n) is 3.98. The molecule has 1 aromatic carbocycles. The molecule has 0 unspecified atom stereocenters. The fourth-order valence-electron chi connectivity index (χ4n) is 2.59. The van der Waals surface area contributed by atoms with Gasteiger partial charge in [0.1, 0.15) is 5.75 Å². The van der Waals surface area contributed by atoms with Crippen LogP contribution in [0.2, 0.25) is 0 Å². The smallest absolute Gasteiger partial charge is 0.143 e. The minimum atomic E-state index is 0.685. The van der Waals surface area contributed by atoms with Crippen molar-refractivity contribution in [2.75, 3.05) is 44.3 Å². The van der Waals surface area contributed by atoms with Gasteiger partial charge in [-0.05, 0) is 50.5 Å². The standard InChI is InChI=1S/C15H25N3O/c1-3-18-8-6-12(7-9-18)11-17-13-4-5-14(16)15(10-13)19-2/h4-5,10,12,17H,3,6-9,11,16H2,1-2H3. The van der Waals surface area contributed by atoms with Crippen molar-refractivity contribution in [2.24, 2.45) is 5.92 Å². The lowest BCUT2D eigenvalue weighted by molar-refractivity contribution is 0.198. The molecule has 1 aromatic rings. The van der Waals surface area contributed by atoms with Crippen molar-refractivity contribution < 1.29 is 4.74 Å². The molecule has 0 amide bonds. The third-order valence-corrected chi connectivity index (χ3v) is 3.98. The molecule has 0 aromatic heterocycles. The second-order valence-electron chi connectivity index (χ2n) is 5.22. The predicted octanol–water partition coefficient (Wildman–Crippen LogP) is 2.42. The summed E-state index contributed by atoms with van der Waals surface area (Å²) in [6.45, 7) is 6.90. The number of benzene rings is 1. The van der Waals surface area contributed by atoms with Crippen molar-refractivity contribution in [2.45, 2.75) is 19.8 Å². The van der Waals surface area contributed by atoms with Gasteiger partial charge in [-0.25, -0.2) is 0 Å². The first-order valence-electron chi connectivity index (χ1n) is 7.12. The number of likely N-dealkylation sites (tertiary alicyclic amines) is 1. The highest BCUT2D eigenvalue weighted by atomic mass is 16.5. The van der Waals surface area contributed by atoms with Crippen LogP contribution in [0.25, 0.3) is 0 Å². The molecule has 2 rings (SSSR count). The average Bonchev–Trinajstić information content (AvgIpc) is 2.47. The second-order valence-corrected chi connectivity index (χ2v) is 5.22. The van der Waals surface area contributed by atoms with Gasteiger partial charge in [0.05, 0.1) is 12.8 Å². The molecule has 4 heteroatoms. The lowest BCUT2D eigenvalue weighted by Crippen LogP contribution is -2.35. The van der Waals surface area contributed by atoms with Gasteiger partial charge in [-0.15, -0.1) is 0 Å². The molecule has 0 radical (unpaired) electrons. The Morgan fingerprint density at radius 1 is 1.37 bits per heavy atom. The Kier molecular flexibility index (Phi) is 4.91. The number of rotatable bonds is 5. The number of nitrogens with one attached hydrogen (secondary N) is 1. The fraction of sp³-hybridized carbons (Fsp3) is 0.600. The van der Waals surface area contributed by atoms with Crippen LogP contribution < -0.4 is 15.8 Å². The zero-order chi connectivity index (χ0) is 13.7. The quantitative estimate of drug-likeness (QED) is 0.801. The summed E-state index contributed by atoms with van der Waals surface area (Å²) in [5, 5.41) is 3.50. The van der Waals surface area contributed by atoms with Crippen molar-refractivity contribution in [3.8, 4) is 5.75 Å². The molecule has 0 bridgehead atoms. The largest absolute Gasteiger partial charge is 0.495 e. The summed E-state index contributed by atoms with van der Waals surface area (Å²) in [5.41, 5.74) is 7.58. The van der Waals surface area contributed by atoms with Crippen LogP contribution in [-0.4, -0.2) is 38.2 Å². The fourth-order valence-corrected chi connectivity index (χ4v) is 2.59. The molecule has 0 atom stereocenters. The summed E-state index contributed by atoms with van der Waals surface area (Å²) >= 11 is 0. The number of hydrogen-bond donors (Lipinski definition) is 2. The summed E-state index contributed by atoms with van der Waals surface area (Å²) < 4.78 is 5.23. The van der Waals surface area contributed by atoms with E-state index >= 15 is 0 Å². The number of hydrogen-bond acceptors (Lipinski definition) is 4. The second kappa shape index (κ2) is 6.66. The van der Waals surface area contributed by atoms with Crippen molar-refractivity contribution in [1.29, 1.82) is 0 Å². The van der Waals surface area contributed by atoms with E-state index < -0.39 is 0 Å². The summed E-state index contributed by atoms with van der Waals surface area (Å²) in [4.78, 5) is 2.52. The molecule has 1 aliphatic rings. The molecular weight excluding hydrogens is 238 g/mol. The van der Waals surface area contributed by atoms with E-state index in [4.69, 9.17) is 10.5 Å². The van der Waals surface area contributed by atoms with Crippen molar-refractivity contribution in [1.82, 2.24) is 4.90 Å². The highest BCUT2D eigenvalue weighted by Crippen LogP contribution is 2.25. The van der Waals surface area contributed by atoms with Gasteiger partial charge in [0.15, 0.2) is 0 Å². The van der Waals surface area contributed by atoms with E-state index in [9.17, 15) is 0 Å². The first-order valence-corrected chi connectivity index (χ1v) is 7.12. The number of nitrogens with zero attached hydrogens (tertiary/aromatic N) is 1. The third kappa shape index (κ3) is 3.77. The highest BCUT2D eigenvalue weighted by molar-refractivity contribution is 5.61. The van der Waals surface area contributed by atoms with E-state index in [0.717, 1.165) is 23.9 Å². The van der Waals surface area contributed by atoms with Crippen LogP contribution in [0, 0.1) is 5.92 Å². The van der Waals surface area contributed by atoms with Gasteiger partial charge in [-0.2, -0.15) is 0 Å². The van der Waals surface area contributed by atoms with E-state index in [-0.39, 0.29) is 0 Å². The van der Waals surface area contributed by atoms with Crippen LogP contribution in [-0.2, 0) is 0 Å². The van der Waals surface area contributed by atoms with Gasteiger partial charge in [0.25, 0.3) is 0 Å². The maximum absolute atomic E-state index is 5.81. The zero-order valence-electron chi connectivity index (χ0n) is 12.0. The average molecular weight is 263 g/mol. The zero-order valence-corrected chi connectivity index (χ0v) is 12.0. The number of piperidine rings is 1. The van der Waals surface area contributed by atoms with Crippen molar-refractivity contribution in [3.63, 3.8) is 0 Å². The van der Waals surface area contributed by atoms with Crippen LogP contribution in [0.5, 0.6) is 5.75 Å². The Labute approximate surface area is 115 Å². The van der Waals surface area contributed by atoms with Gasteiger partial charge >= 0.3 is 0 Å². The maximum atomic E-state index is 5.81. The van der Waals surface area contributed by atoms with Crippen molar-refractivity contribution in [3.05, 3.63) is 18.2 Å². The minimum Gasteiger partial charge on any atom is -0.495 e. The number of methoxy groups -OCH3 is 1. The summed E-state index contributed by atoms with van der Waals surface area (Å²) in [6, 6.07) is 5.87. The van der Waals surface area contributed by atoms with Crippen LogP contribution in [0.15, 0.2) is 18.2 Å². The number of anilines is 2. The molecule has 0 saturated carbocycles. The summed E-state index contributed by atoms with van der Waals surface area (Å²) in [5.74, 6) is 1.51. The normalized spacial score (nSPS) is 17.4. The molecule has 106 valence electrons. The molecule has 1 heterocycles. The SMILES string of the molecule is CCN1CCC(CNc2ccc(N)c(OC)c2)CC1. The number of ether oxygens (including phenoxy) is 1. The molecule has 1 aliphatic heterocycles. The summed E-state index contributed by atoms with van der Waals surface area (Å²) in [7, 11) is 1.65. The first kappa shape index (κ1) is 14.0. The summed E-state index contributed by atoms with van der Waals surface area (Å²) in [6.07, 6.45) is 2.57. The van der Waals surface area contributed by atoms with Crippen LogP contribution in [0.3, 0.4) is 0 Å². The Bertz CT molecular complexity index is 400. The molecular formula is C15H25N3O. The van der Waals surface area contributed by atoms with Crippen molar-refractivity contribution >= 4 is 11.4 Å². The van der Waals surface area contributed by atoms with E-state index in [1.165, 1.54) is 32.5 Å². The molecule has 0 spiro atoms. The van der Waals surface area contributed by atoms with E-state index in [1.54, 1.807) is 7.11 Å². The Morgan fingerprint density at radius 2 is 2.11 bits per heavy atom. The van der Waals surface area contributed by atoms with E-state index in [2.05, 4.69) is 17.1 Å². The van der Waals surface area contributed by atoms with Gasteiger partial charge < -0.3 is 20.7 Å². The molecule has 0 aliphatic carbocycles. The minimum absolute atomic E-state index is 0.685. The Morgan fingerprint density at radius 3 is 2.74 bits per heavy atom. The van der Waals surface area contributed by atoms with E-state index in [0.29, 0.717) is 5.69 Å². The molecule has 1 fully saturated rings. The Balaban J connectivity index is 1.82. The molecule has 19 heavy (non-hydrogen) atoms. The van der Waals surface area contributed by atoms with Crippen LogP contribution in [0.4, 0.5) is 11.4 Å². The monoisotopic (exact) mass is 263 g/mol. The van der Waals surface area contributed by atoms with E-state index in [1.807, 2.05) is 18.2 Å². The van der Waals surface area contributed by atoms with Gasteiger partial charge in [0, 0.05) is 18.3 Å². The molecule has 3 N–H and O–H groups in total. The predicted molar refractivity (Wildman–Crippen MR) is 80.7 cm³/mol.